The molecule has 1 rings (SSSR count). The average Bonchev–Trinajstić information content (AvgIpc) is 2.30. The second kappa shape index (κ2) is 8.06. The van der Waals surface area contributed by atoms with Gasteiger partial charge in [0.15, 0.2) is 0 Å². The minimum absolute atomic E-state index is 0.0312. The highest BCUT2D eigenvalue weighted by Gasteiger charge is 2.13. The van der Waals surface area contributed by atoms with Crippen molar-refractivity contribution in [2.24, 2.45) is 11.8 Å². The Labute approximate surface area is 129 Å². The molecule has 3 heteroatoms. The molecular formula is C18H30N2O. The molecule has 1 aromatic rings. The van der Waals surface area contributed by atoms with E-state index in [1.807, 2.05) is 19.1 Å². The first-order valence-electron chi connectivity index (χ1n) is 7.92. The zero-order valence-corrected chi connectivity index (χ0v) is 14.3. The largest absolute Gasteiger partial charge is 0.382 e. The van der Waals surface area contributed by atoms with Crippen molar-refractivity contribution in [3.63, 3.8) is 0 Å². The molecule has 0 bridgehead atoms. The molecule has 0 aliphatic carbocycles. The van der Waals surface area contributed by atoms with Crippen LogP contribution in [0.5, 0.6) is 0 Å². The third kappa shape index (κ3) is 6.65. The Kier molecular flexibility index (Phi) is 6.73. The van der Waals surface area contributed by atoms with Gasteiger partial charge in [-0.3, -0.25) is 4.79 Å². The number of hydrogen-bond donors (Lipinski definition) is 2. The van der Waals surface area contributed by atoms with Crippen LogP contribution in [0.1, 0.15) is 53.0 Å². The third-order valence-corrected chi connectivity index (χ3v) is 3.42. The van der Waals surface area contributed by atoms with Gasteiger partial charge in [-0.2, -0.15) is 0 Å². The van der Waals surface area contributed by atoms with Crippen LogP contribution in [-0.2, 0) is 4.79 Å². The van der Waals surface area contributed by atoms with E-state index in [2.05, 4.69) is 44.4 Å². The summed E-state index contributed by atoms with van der Waals surface area (Å²) in [7, 11) is 0. The Hall–Kier alpha value is -1.51. The van der Waals surface area contributed by atoms with E-state index in [0.717, 1.165) is 16.9 Å². The highest BCUT2D eigenvalue weighted by molar-refractivity contribution is 5.89. The molecule has 0 saturated heterocycles. The van der Waals surface area contributed by atoms with E-state index in [9.17, 15) is 4.79 Å². The van der Waals surface area contributed by atoms with Crippen molar-refractivity contribution in [2.75, 3.05) is 10.6 Å². The monoisotopic (exact) mass is 290 g/mol. The fourth-order valence-electron chi connectivity index (χ4n) is 2.67. The highest BCUT2D eigenvalue weighted by Crippen LogP contribution is 2.23. The lowest BCUT2D eigenvalue weighted by atomic mass is 9.95. The quantitative estimate of drug-likeness (QED) is 0.755. The van der Waals surface area contributed by atoms with Gasteiger partial charge in [0, 0.05) is 24.3 Å². The summed E-state index contributed by atoms with van der Waals surface area (Å²) in [5, 5.41) is 6.50. The number of carbonyl (C=O) groups is 1. The molecule has 118 valence electrons. The first-order valence-corrected chi connectivity index (χ1v) is 7.92. The maximum atomic E-state index is 11.1. The van der Waals surface area contributed by atoms with Gasteiger partial charge >= 0.3 is 0 Å². The number of rotatable bonds is 7. The Bertz CT molecular complexity index is 456. The number of carbonyl (C=O) groups excluding carboxylic acids is 1. The molecule has 0 aliphatic rings. The zero-order chi connectivity index (χ0) is 16.0. The predicted octanol–water partition coefficient (Wildman–Crippen LogP) is 4.83. The molecule has 0 aliphatic heterocycles. The lowest BCUT2D eigenvalue weighted by molar-refractivity contribution is -0.114. The summed E-state index contributed by atoms with van der Waals surface area (Å²) in [6, 6.07) is 6.63. The van der Waals surface area contributed by atoms with E-state index < -0.39 is 0 Å². The van der Waals surface area contributed by atoms with E-state index >= 15 is 0 Å². The maximum Gasteiger partial charge on any atom is 0.221 e. The second-order valence-electron chi connectivity index (χ2n) is 6.81. The summed E-state index contributed by atoms with van der Waals surface area (Å²) in [5.41, 5.74) is 3.10. The van der Waals surface area contributed by atoms with Crippen LogP contribution in [0.3, 0.4) is 0 Å². The van der Waals surface area contributed by atoms with Crippen LogP contribution in [0.2, 0.25) is 0 Å². The van der Waals surface area contributed by atoms with Gasteiger partial charge in [0.25, 0.3) is 0 Å². The highest BCUT2D eigenvalue weighted by atomic mass is 16.1. The summed E-state index contributed by atoms with van der Waals surface area (Å²) in [5.74, 6) is 1.33. The van der Waals surface area contributed by atoms with Gasteiger partial charge in [-0.1, -0.05) is 27.7 Å². The van der Waals surface area contributed by atoms with Crippen LogP contribution in [0, 0.1) is 18.8 Å². The van der Waals surface area contributed by atoms with E-state index in [0.29, 0.717) is 17.9 Å². The van der Waals surface area contributed by atoms with Crippen LogP contribution in [0.25, 0.3) is 0 Å². The molecule has 0 radical (unpaired) electrons. The van der Waals surface area contributed by atoms with Crippen LogP contribution >= 0.6 is 0 Å². The topological polar surface area (TPSA) is 41.1 Å². The van der Waals surface area contributed by atoms with E-state index in [1.54, 1.807) is 0 Å². The molecule has 0 saturated carbocycles. The maximum absolute atomic E-state index is 11.1. The number of aryl methyl sites for hydroxylation is 1. The van der Waals surface area contributed by atoms with Gasteiger partial charge in [0.2, 0.25) is 5.91 Å². The molecule has 3 nitrogen and oxygen atoms in total. The summed E-state index contributed by atoms with van der Waals surface area (Å²) in [6.07, 6.45) is 2.34. The molecule has 1 aromatic carbocycles. The van der Waals surface area contributed by atoms with Crippen molar-refractivity contribution in [3.05, 3.63) is 23.8 Å². The Morgan fingerprint density at radius 3 is 2.10 bits per heavy atom. The van der Waals surface area contributed by atoms with Gasteiger partial charge in [-0.25, -0.2) is 0 Å². The lowest BCUT2D eigenvalue weighted by Crippen LogP contribution is -2.23. The molecule has 0 spiro atoms. The van der Waals surface area contributed by atoms with E-state index in [4.69, 9.17) is 0 Å². The number of hydrogen-bond acceptors (Lipinski definition) is 2. The normalized spacial score (nSPS) is 11.3. The fourth-order valence-corrected chi connectivity index (χ4v) is 2.67. The molecular weight excluding hydrogens is 260 g/mol. The molecule has 2 N–H and O–H groups in total. The molecule has 21 heavy (non-hydrogen) atoms. The lowest BCUT2D eigenvalue weighted by Gasteiger charge is -2.24. The summed E-state index contributed by atoms with van der Waals surface area (Å²) < 4.78 is 0. The fraction of sp³-hybridized carbons (Fsp3) is 0.611. The van der Waals surface area contributed by atoms with E-state index in [-0.39, 0.29) is 5.91 Å². The van der Waals surface area contributed by atoms with Crippen molar-refractivity contribution < 1.29 is 4.79 Å². The number of benzene rings is 1. The minimum Gasteiger partial charge on any atom is -0.382 e. The van der Waals surface area contributed by atoms with Crippen molar-refractivity contribution >= 4 is 17.3 Å². The Balaban J connectivity index is 2.79. The molecule has 0 atom stereocenters. The molecule has 0 heterocycles. The van der Waals surface area contributed by atoms with Crippen LogP contribution in [0.4, 0.5) is 11.4 Å². The standard InChI is InChI=1S/C18H30N2O/c1-12(2)9-17(10-13(3)4)20-16-7-8-18(14(5)11-16)19-15(6)21/h7-8,11-13,17,20H,9-10H2,1-6H3,(H,19,21). The summed E-state index contributed by atoms with van der Waals surface area (Å²) >= 11 is 0. The van der Waals surface area contributed by atoms with Gasteiger partial charge in [-0.05, 0) is 55.4 Å². The van der Waals surface area contributed by atoms with Crippen molar-refractivity contribution in [3.8, 4) is 0 Å². The molecule has 0 fully saturated rings. The van der Waals surface area contributed by atoms with E-state index in [1.165, 1.54) is 19.8 Å². The van der Waals surface area contributed by atoms with Crippen molar-refractivity contribution in [2.45, 2.75) is 60.4 Å². The Morgan fingerprint density at radius 1 is 1.10 bits per heavy atom. The minimum atomic E-state index is -0.0312. The second-order valence-corrected chi connectivity index (χ2v) is 6.81. The zero-order valence-electron chi connectivity index (χ0n) is 14.3. The SMILES string of the molecule is CC(=O)Nc1ccc(NC(CC(C)C)CC(C)C)cc1C. The Morgan fingerprint density at radius 2 is 1.67 bits per heavy atom. The van der Waals surface area contributed by atoms with Crippen molar-refractivity contribution in [1.82, 2.24) is 0 Å². The van der Waals surface area contributed by atoms with Gasteiger partial charge in [0.1, 0.15) is 0 Å². The predicted molar refractivity (Wildman–Crippen MR) is 91.8 cm³/mol. The van der Waals surface area contributed by atoms with Gasteiger partial charge in [0.05, 0.1) is 0 Å². The first kappa shape index (κ1) is 17.5. The van der Waals surface area contributed by atoms with Gasteiger partial charge in [-0.15, -0.1) is 0 Å². The molecule has 0 unspecified atom stereocenters. The number of amides is 1. The van der Waals surface area contributed by atoms with Crippen LogP contribution in [-0.4, -0.2) is 11.9 Å². The average molecular weight is 290 g/mol. The van der Waals surface area contributed by atoms with Crippen LogP contribution in [0.15, 0.2) is 18.2 Å². The molecule has 1 amide bonds. The number of anilines is 2. The van der Waals surface area contributed by atoms with Crippen molar-refractivity contribution in [1.29, 1.82) is 0 Å². The first-order chi connectivity index (χ1) is 9.77. The molecule has 0 aromatic heterocycles. The third-order valence-electron chi connectivity index (χ3n) is 3.42. The van der Waals surface area contributed by atoms with Crippen LogP contribution < -0.4 is 10.6 Å². The summed E-state index contributed by atoms with van der Waals surface area (Å²) in [6.45, 7) is 12.6. The number of nitrogens with one attached hydrogen (secondary N) is 2. The summed E-state index contributed by atoms with van der Waals surface area (Å²) in [4.78, 5) is 11.1. The smallest absolute Gasteiger partial charge is 0.221 e. The van der Waals surface area contributed by atoms with Gasteiger partial charge < -0.3 is 10.6 Å².